The van der Waals surface area contributed by atoms with Crippen LogP contribution in [0, 0.1) is 5.82 Å². The van der Waals surface area contributed by atoms with E-state index in [0.717, 1.165) is 56.7 Å². The Morgan fingerprint density at radius 2 is 1.93 bits per heavy atom. The first-order valence-corrected chi connectivity index (χ1v) is 10.2. The van der Waals surface area contributed by atoms with Gasteiger partial charge in [-0.25, -0.2) is 9.37 Å². The summed E-state index contributed by atoms with van der Waals surface area (Å²) in [5, 5.41) is 0. The zero-order chi connectivity index (χ0) is 19.3. The lowest BCUT2D eigenvalue weighted by Crippen LogP contribution is -2.33. The van der Waals surface area contributed by atoms with Gasteiger partial charge in [-0.2, -0.15) is 0 Å². The third kappa shape index (κ3) is 4.26. The number of aromatic nitrogens is 2. The number of hydrogen-bond acceptors (Lipinski definition) is 3. The number of halogens is 1. The normalized spacial score (nSPS) is 16.1. The van der Waals surface area contributed by atoms with Gasteiger partial charge in [-0.3, -0.25) is 4.90 Å². The van der Waals surface area contributed by atoms with Gasteiger partial charge in [-0.15, -0.1) is 0 Å². The van der Waals surface area contributed by atoms with Gasteiger partial charge < -0.3 is 9.30 Å². The summed E-state index contributed by atoms with van der Waals surface area (Å²) < 4.78 is 21.4. The molecule has 1 saturated heterocycles. The molecular formula is C23H28FN3O. The summed E-state index contributed by atoms with van der Waals surface area (Å²) in [7, 11) is 0. The number of benzene rings is 2. The topological polar surface area (TPSA) is 30.3 Å². The molecule has 4 nitrogen and oxygen atoms in total. The van der Waals surface area contributed by atoms with Gasteiger partial charge >= 0.3 is 0 Å². The van der Waals surface area contributed by atoms with Crippen LogP contribution in [0.3, 0.4) is 0 Å². The molecule has 5 heteroatoms. The first-order chi connectivity index (χ1) is 13.7. The van der Waals surface area contributed by atoms with Crippen molar-refractivity contribution in [2.75, 3.05) is 26.3 Å². The monoisotopic (exact) mass is 381 g/mol. The summed E-state index contributed by atoms with van der Waals surface area (Å²) >= 11 is 0. The van der Waals surface area contributed by atoms with E-state index in [9.17, 15) is 4.39 Å². The average molecular weight is 381 g/mol. The second kappa shape index (κ2) is 8.84. The Hall–Kier alpha value is -2.24. The van der Waals surface area contributed by atoms with Crippen LogP contribution in [0.2, 0.25) is 0 Å². The molecule has 2 aromatic carbocycles. The number of fused-ring (bicyclic) bond motifs is 1. The molecule has 0 N–H and O–H groups in total. The van der Waals surface area contributed by atoms with E-state index in [1.165, 1.54) is 17.4 Å². The SMILES string of the molecule is CCOCCn1c(C2CCN(Cc3cccc(F)c3)CC2)nc2ccccc21. The molecule has 4 rings (SSSR count). The van der Waals surface area contributed by atoms with Crippen LogP contribution in [0.4, 0.5) is 4.39 Å². The molecule has 2 heterocycles. The predicted molar refractivity (Wildman–Crippen MR) is 110 cm³/mol. The van der Waals surface area contributed by atoms with E-state index in [2.05, 4.69) is 27.7 Å². The molecule has 1 aliphatic heterocycles. The third-order valence-electron chi connectivity index (χ3n) is 5.60. The molecule has 1 fully saturated rings. The highest BCUT2D eigenvalue weighted by molar-refractivity contribution is 5.76. The number of hydrogen-bond donors (Lipinski definition) is 0. The van der Waals surface area contributed by atoms with Gasteiger partial charge in [0.1, 0.15) is 11.6 Å². The Morgan fingerprint density at radius 1 is 1.11 bits per heavy atom. The van der Waals surface area contributed by atoms with Crippen LogP contribution in [0.1, 0.15) is 37.1 Å². The smallest absolute Gasteiger partial charge is 0.123 e. The molecule has 0 aliphatic carbocycles. The van der Waals surface area contributed by atoms with Gasteiger partial charge in [0.05, 0.1) is 17.6 Å². The van der Waals surface area contributed by atoms with Gasteiger partial charge in [-0.05, 0) is 62.7 Å². The van der Waals surface area contributed by atoms with Crippen LogP contribution < -0.4 is 0 Å². The van der Waals surface area contributed by atoms with Gasteiger partial charge in [-0.1, -0.05) is 24.3 Å². The van der Waals surface area contributed by atoms with Crippen LogP contribution in [0.25, 0.3) is 11.0 Å². The summed E-state index contributed by atoms with van der Waals surface area (Å²) in [4.78, 5) is 7.39. The lowest BCUT2D eigenvalue weighted by molar-refractivity contribution is 0.138. The fourth-order valence-corrected chi connectivity index (χ4v) is 4.18. The van der Waals surface area contributed by atoms with Crippen LogP contribution in [-0.2, 0) is 17.8 Å². The Kier molecular flexibility index (Phi) is 6.03. The van der Waals surface area contributed by atoms with E-state index in [-0.39, 0.29) is 5.82 Å². The number of ether oxygens (including phenoxy) is 1. The first-order valence-electron chi connectivity index (χ1n) is 10.2. The predicted octanol–water partition coefficient (Wildman–Crippen LogP) is 4.59. The van der Waals surface area contributed by atoms with Gasteiger partial charge in [0.15, 0.2) is 0 Å². The highest BCUT2D eigenvalue weighted by atomic mass is 19.1. The summed E-state index contributed by atoms with van der Waals surface area (Å²) in [5.41, 5.74) is 3.30. The van der Waals surface area contributed by atoms with Gasteiger partial charge in [0.2, 0.25) is 0 Å². The maximum atomic E-state index is 13.4. The largest absolute Gasteiger partial charge is 0.380 e. The Labute approximate surface area is 165 Å². The molecule has 0 spiro atoms. The second-order valence-electron chi connectivity index (χ2n) is 7.49. The fourth-order valence-electron chi connectivity index (χ4n) is 4.18. The molecule has 148 valence electrons. The summed E-state index contributed by atoms with van der Waals surface area (Å²) in [6.45, 7) is 7.15. The van der Waals surface area contributed by atoms with Crippen molar-refractivity contribution in [2.45, 2.75) is 38.8 Å². The molecule has 1 aromatic heterocycles. The van der Waals surface area contributed by atoms with E-state index in [4.69, 9.17) is 9.72 Å². The minimum absolute atomic E-state index is 0.157. The molecular weight excluding hydrogens is 353 g/mol. The summed E-state index contributed by atoms with van der Waals surface area (Å²) in [6, 6.07) is 15.3. The van der Waals surface area contributed by atoms with Crippen molar-refractivity contribution < 1.29 is 9.13 Å². The van der Waals surface area contributed by atoms with Crippen LogP contribution in [0.15, 0.2) is 48.5 Å². The number of imidazole rings is 1. The van der Waals surface area contributed by atoms with Crippen molar-refractivity contribution in [1.29, 1.82) is 0 Å². The van der Waals surface area contributed by atoms with E-state index >= 15 is 0 Å². The fraction of sp³-hybridized carbons (Fsp3) is 0.435. The van der Waals surface area contributed by atoms with Crippen molar-refractivity contribution in [3.05, 3.63) is 65.7 Å². The third-order valence-corrected chi connectivity index (χ3v) is 5.60. The maximum absolute atomic E-state index is 13.4. The molecule has 0 amide bonds. The molecule has 0 unspecified atom stereocenters. The van der Waals surface area contributed by atoms with E-state index in [1.54, 1.807) is 12.1 Å². The second-order valence-corrected chi connectivity index (χ2v) is 7.49. The zero-order valence-electron chi connectivity index (χ0n) is 16.5. The lowest BCUT2D eigenvalue weighted by atomic mass is 9.95. The number of nitrogens with zero attached hydrogens (tertiary/aromatic N) is 3. The number of piperidine rings is 1. The van der Waals surface area contributed by atoms with E-state index in [1.807, 2.05) is 19.1 Å². The molecule has 0 radical (unpaired) electrons. The standard InChI is InChI=1S/C23H28FN3O/c1-2-28-15-14-27-22-9-4-3-8-21(22)25-23(27)19-10-12-26(13-11-19)17-18-6-5-7-20(24)16-18/h3-9,16,19H,2,10-15,17H2,1H3. The summed E-state index contributed by atoms with van der Waals surface area (Å²) in [6.07, 6.45) is 2.15. The van der Waals surface area contributed by atoms with Crippen molar-refractivity contribution in [2.24, 2.45) is 0 Å². The number of rotatable bonds is 7. The Bertz CT molecular complexity index is 915. The molecule has 3 aromatic rings. The van der Waals surface area contributed by atoms with E-state index in [0.29, 0.717) is 12.5 Å². The quantitative estimate of drug-likeness (QED) is 0.561. The van der Waals surface area contributed by atoms with Crippen LogP contribution in [0.5, 0.6) is 0 Å². The minimum atomic E-state index is -0.157. The lowest BCUT2D eigenvalue weighted by Gasteiger charge is -2.32. The van der Waals surface area contributed by atoms with Gasteiger partial charge in [0.25, 0.3) is 0 Å². The highest BCUT2D eigenvalue weighted by Gasteiger charge is 2.25. The molecule has 1 aliphatic rings. The van der Waals surface area contributed by atoms with Crippen LogP contribution in [-0.4, -0.2) is 40.8 Å². The maximum Gasteiger partial charge on any atom is 0.123 e. The first kappa shape index (κ1) is 19.1. The molecule has 0 atom stereocenters. The van der Waals surface area contributed by atoms with Crippen molar-refractivity contribution in [3.8, 4) is 0 Å². The Morgan fingerprint density at radius 3 is 2.71 bits per heavy atom. The molecule has 0 bridgehead atoms. The molecule has 0 saturated carbocycles. The zero-order valence-corrected chi connectivity index (χ0v) is 16.5. The van der Waals surface area contributed by atoms with Crippen molar-refractivity contribution >= 4 is 11.0 Å². The van der Waals surface area contributed by atoms with Crippen LogP contribution >= 0.6 is 0 Å². The van der Waals surface area contributed by atoms with E-state index < -0.39 is 0 Å². The number of para-hydroxylation sites is 2. The summed E-state index contributed by atoms with van der Waals surface area (Å²) in [5.74, 6) is 1.49. The van der Waals surface area contributed by atoms with Crippen molar-refractivity contribution in [1.82, 2.24) is 14.5 Å². The van der Waals surface area contributed by atoms with Gasteiger partial charge in [0, 0.05) is 25.6 Å². The number of likely N-dealkylation sites (tertiary alicyclic amines) is 1. The Balaban J connectivity index is 1.46. The minimum Gasteiger partial charge on any atom is -0.380 e. The highest BCUT2D eigenvalue weighted by Crippen LogP contribution is 2.30. The molecule has 28 heavy (non-hydrogen) atoms. The average Bonchev–Trinajstić information content (AvgIpc) is 3.08. The van der Waals surface area contributed by atoms with Crippen molar-refractivity contribution in [3.63, 3.8) is 0 Å².